The lowest BCUT2D eigenvalue weighted by atomic mass is 9.89. The Balaban J connectivity index is 2.20. The maximum Gasteiger partial charge on any atom is 0.0825 e. The molecule has 0 aromatic carbocycles. The van der Waals surface area contributed by atoms with E-state index in [9.17, 15) is 0 Å². The number of nitrogens with two attached hydrogens (primary N) is 1. The van der Waals surface area contributed by atoms with Gasteiger partial charge in [0.15, 0.2) is 0 Å². The number of nitrogen functional groups attached to an aromatic ring is 1. The van der Waals surface area contributed by atoms with Crippen molar-refractivity contribution in [2.75, 3.05) is 5.73 Å². The Hall–Kier alpha value is -0.990. The normalized spacial score (nSPS) is 19.7. The standard InChI is InChI=1S/C12H21N3/c1-9-11(13)10(2)15(14-9)8-12(3)6-4-5-7-12/h4-8,13H2,1-3H3. The number of anilines is 1. The fraction of sp³-hybridized carbons (Fsp3) is 0.750. The highest BCUT2D eigenvalue weighted by Crippen LogP contribution is 2.39. The number of rotatable bonds is 2. The van der Waals surface area contributed by atoms with Crippen LogP contribution in [0.15, 0.2) is 0 Å². The molecular formula is C12H21N3. The Labute approximate surface area is 91.7 Å². The molecule has 1 heterocycles. The molecule has 2 rings (SSSR count). The largest absolute Gasteiger partial charge is 0.396 e. The van der Waals surface area contributed by atoms with E-state index in [1.807, 2.05) is 6.92 Å². The van der Waals surface area contributed by atoms with Crippen molar-refractivity contribution in [2.45, 2.75) is 53.0 Å². The third kappa shape index (κ3) is 1.87. The molecule has 0 unspecified atom stereocenters. The molecule has 84 valence electrons. The Morgan fingerprint density at radius 1 is 1.33 bits per heavy atom. The third-order valence-corrected chi connectivity index (χ3v) is 3.78. The van der Waals surface area contributed by atoms with Crippen LogP contribution in [-0.2, 0) is 6.54 Å². The number of aryl methyl sites for hydroxylation is 1. The summed E-state index contributed by atoms with van der Waals surface area (Å²) in [4.78, 5) is 0. The minimum Gasteiger partial charge on any atom is -0.396 e. The van der Waals surface area contributed by atoms with Crippen molar-refractivity contribution >= 4 is 5.69 Å². The first-order valence-electron chi connectivity index (χ1n) is 5.81. The first kappa shape index (κ1) is 10.5. The highest BCUT2D eigenvalue weighted by molar-refractivity contribution is 5.46. The van der Waals surface area contributed by atoms with Crippen molar-refractivity contribution in [2.24, 2.45) is 5.41 Å². The van der Waals surface area contributed by atoms with Crippen molar-refractivity contribution in [3.63, 3.8) is 0 Å². The molecule has 0 saturated heterocycles. The van der Waals surface area contributed by atoms with Gasteiger partial charge in [0.2, 0.25) is 0 Å². The van der Waals surface area contributed by atoms with Crippen molar-refractivity contribution in [3.8, 4) is 0 Å². The van der Waals surface area contributed by atoms with Gasteiger partial charge in [0.05, 0.1) is 17.1 Å². The van der Waals surface area contributed by atoms with Gasteiger partial charge in [-0.3, -0.25) is 4.68 Å². The van der Waals surface area contributed by atoms with E-state index in [0.29, 0.717) is 5.41 Å². The maximum atomic E-state index is 5.94. The zero-order chi connectivity index (χ0) is 11.1. The Bertz CT molecular complexity index is 359. The topological polar surface area (TPSA) is 43.8 Å². The average Bonchev–Trinajstić information content (AvgIpc) is 2.69. The van der Waals surface area contributed by atoms with Gasteiger partial charge in [-0.25, -0.2) is 0 Å². The molecule has 0 aliphatic heterocycles. The summed E-state index contributed by atoms with van der Waals surface area (Å²) in [5, 5.41) is 4.51. The second-order valence-corrected chi connectivity index (χ2v) is 5.26. The number of hydrogen-bond donors (Lipinski definition) is 1. The van der Waals surface area contributed by atoms with Crippen LogP contribution in [0.25, 0.3) is 0 Å². The summed E-state index contributed by atoms with van der Waals surface area (Å²) in [5.41, 5.74) is 9.33. The molecule has 0 amide bonds. The zero-order valence-corrected chi connectivity index (χ0v) is 10.0. The minimum absolute atomic E-state index is 0.440. The molecular weight excluding hydrogens is 186 g/mol. The zero-order valence-electron chi connectivity index (χ0n) is 10.0. The Morgan fingerprint density at radius 3 is 2.40 bits per heavy atom. The van der Waals surface area contributed by atoms with E-state index in [-0.39, 0.29) is 0 Å². The van der Waals surface area contributed by atoms with Gasteiger partial charge in [-0.1, -0.05) is 19.8 Å². The summed E-state index contributed by atoms with van der Waals surface area (Å²) < 4.78 is 2.09. The van der Waals surface area contributed by atoms with Crippen LogP contribution in [0.3, 0.4) is 0 Å². The second-order valence-electron chi connectivity index (χ2n) is 5.26. The van der Waals surface area contributed by atoms with E-state index in [2.05, 4.69) is 23.6 Å². The summed E-state index contributed by atoms with van der Waals surface area (Å²) >= 11 is 0. The summed E-state index contributed by atoms with van der Waals surface area (Å²) in [6, 6.07) is 0. The molecule has 1 fully saturated rings. The molecule has 0 atom stereocenters. The fourth-order valence-corrected chi connectivity index (χ4v) is 2.61. The fourth-order valence-electron chi connectivity index (χ4n) is 2.61. The third-order valence-electron chi connectivity index (χ3n) is 3.78. The smallest absolute Gasteiger partial charge is 0.0825 e. The lowest BCUT2D eigenvalue weighted by Gasteiger charge is -2.23. The molecule has 0 spiro atoms. The SMILES string of the molecule is Cc1nn(CC2(C)CCCC2)c(C)c1N. The van der Waals surface area contributed by atoms with Crippen LogP contribution >= 0.6 is 0 Å². The van der Waals surface area contributed by atoms with Crippen LogP contribution in [0, 0.1) is 19.3 Å². The number of aromatic nitrogens is 2. The van der Waals surface area contributed by atoms with Crippen LogP contribution in [0.4, 0.5) is 5.69 Å². The Morgan fingerprint density at radius 2 is 1.93 bits per heavy atom. The molecule has 1 saturated carbocycles. The molecule has 15 heavy (non-hydrogen) atoms. The van der Waals surface area contributed by atoms with Crippen LogP contribution in [0.5, 0.6) is 0 Å². The van der Waals surface area contributed by atoms with Crippen molar-refractivity contribution < 1.29 is 0 Å². The monoisotopic (exact) mass is 207 g/mol. The Kier molecular flexibility index (Phi) is 2.49. The summed E-state index contributed by atoms with van der Waals surface area (Å²) in [7, 11) is 0. The van der Waals surface area contributed by atoms with E-state index >= 15 is 0 Å². The van der Waals surface area contributed by atoms with Gasteiger partial charge in [-0.15, -0.1) is 0 Å². The van der Waals surface area contributed by atoms with Crippen LogP contribution in [-0.4, -0.2) is 9.78 Å². The van der Waals surface area contributed by atoms with Crippen LogP contribution < -0.4 is 5.73 Å². The molecule has 0 bridgehead atoms. The summed E-state index contributed by atoms with van der Waals surface area (Å²) in [6.45, 7) is 7.44. The van der Waals surface area contributed by atoms with Gasteiger partial charge in [-0.05, 0) is 32.1 Å². The molecule has 3 heteroatoms. The van der Waals surface area contributed by atoms with Crippen molar-refractivity contribution in [1.82, 2.24) is 9.78 Å². The molecule has 1 aliphatic carbocycles. The van der Waals surface area contributed by atoms with Gasteiger partial charge in [0, 0.05) is 6.54 Å². The molecule has 2 N–H and O–H groups in total. The molecule has 1 aromatic heterocycles. The van der Waals surface area contributed by atoms with Crippen LogP contribution in [0.1, 0.15) is 44.0 Å². The highest BCUT2D eigenvalue weighted by Gasteiger charge is 2.30. The molecule has 0 radical (unpaired) electrons. The molecule has 3 nitrogen and oxygen atoms in total. The van der Waals surface area contributed by atoms with Gasteiger partial charge in [-0.2, -0.15) is 5.10 Å². The van der Waals surface area contributed by atoms with Gasteiger partial charge in [0.1, 0.15) is 0 Å². The minimum atomic E-state index is 0.440. The quantitative estimate of drug-likeness (QED) is 0.810. The van der Waals surface area contributed by atoms with E-state index in [1.165, 1.54) is 25.7 Å². The number of hydrogen-bond acceptors (Lipinski definition) is 2. The van der Waals surface area contributed by atoms with E-state index in [0.717, 1.165) is 23.6 Å². The predicted octanol–water partition coefficient (Wildman–Crippen LogP) is 2.66. The maximum absolute atomic E-state index is 5.94. The first-order valence-corrected chi connectivity index (χ1v) is 5.81. The lowest BCUT2D eigenvalue weighted by molar-refractivity contribution is 0.265. The lowest BCUT2D eigenvalue weighted by Crippen LogP contribution is -2.21. The summed E-state index contributed by atoms with van der Waals surface area (Å²) in [5.74, 6) is 0. The average molecular weight is 207 g/mol. The second kappa shape index (κ2) is 3.54. The first-order chi connectivity index (χ1) is 7.02. The molecule has 1 aromatic rings. The van der Waals surface area contributed by atoms with E-state index in [4.69, 9.17) is 5.73 Å². The predicted molar refractivity (Wildman–Crippen MR) is 62.7 cm³/mol. The van der Waals surface area contributed by atoms with Crippen molar-refractivity contribution in [3.05, 3.63) is 11.4 Å². The van der Waals surface area contributed by atoms with Crippen LogP contribution in [0.2, 0.25) is 0 Å². The van der Waals surface area contributed by atoms with Crippen molar-refractivity contribution in [1.29, 1.82) is 0 Å². The highest BCUT2D eigenvalue weighted by atomic mass is 15.3. The van der Waals surface area contributed by atoms with Gasteiger partial charge in [0.25, 0.3) is 0 Å². The van der Waals surface area contributed by atoms with Gasteiger partial charge < -0.3 is 5.73 Å². The van der Waals surface area contributed by atoms with Gasteiger partial charge >= 0.3 is 0 Å². The summed E-state index contributed by atoms with van der Waals surface area (Å²) in [6.07, 6.45) is 5.38. The molecule has 1 aliphatic rings. The van der Waals surface area contributed by atoms with E-state index in [1.54, 1.807) is 0 Å². The number of nitrogens with zero attached hydrogens (tertiary/aromatic N) is 2. The van der Waals surface area contributed by atoms with E-state index < -0.39 is 0 Å².